The quantitative estimate of drug-likeness (QED) is 0.589. The summed E-state index contributed by atoms with van der Waals surface area (Å²) in [5.41, 5.74) is -0.944. The van der Waals surface area contributed by atoms with Crippen LogP contribution < -0.4 is 0 Å². The predicted octanol–water partition coefficient (Wildman–Crippen LogP) is 0.720. The van der Waals surface area contributed by atoms with Gasteiger partial charge in [-0.25, -0.2) is 4.79 Å². The second-order valence-electron chi connectivity index (χ2n) is 3.74. The number of benzene rings is 1. The summed E-state index contributed by atoms with van der Waals surface area (Å²) in [4.78, 5) is 23.4. The minimum absolute atomic E-state index is 0.000833. The summed E-state index contributed by atoms with van der Waals surface area (Å²) in [6.07, 6.45) is 0.000833. The molecule has 0 amide bonds. The number of ether oxygens (including phenoxy) is 1. The van der Waals surface area contributed by atoms with Crippen molar-refractivity contribution in [3.8, 4) is 0 Å². The lowest BCUT2D eigenvalue weighted by Gasteiger charge is -2.17. The summed E-state index contributed by atoms with van der Waals surface area (Å²) in [5, 5.41) is 10.1. The molecule has 0 radical (unpaired) electrons. The Labute approximate surface area is 92.8 Å². The van der Waals surface area contributed by atoms with E-state index < -0.39 is 17.4 Å². The molecule has 1 aromatic rings. The van der Waals surface area contributed by atoms with Gasteiger partial charge in [0.15, 0.2) is 0 Å². The van der Waals surface area contributed by atoms with Gasteiger partial charge in [-0.3, -0.25) is 4.79 Å². The third kappa shape index (κ3) is 1.42. The van der Waals surface area contributed by atoms with E-state index in [0.717, 1.165) is 0 Å². The normalized spacial score (nSPS) is 23.0. The van der Waals surface area contributed by atoms with Crippen molar-refractivity contribution < 1.29 is 19.4 Å². The highest BCUT2D eigenvalue weighted by molar-refractivity contribution is 6.18. The van der Waals surface area contributed by atoms with Crippen LogP contribution in [-0.2, 0) is 16.0 Å². The molecule has 4 nitrogen and oxygen atoms in total. The maximum absolute atomic E-state index is 11.9. The topological polar surface area (TPSA) is 63.6 Å². The molecular formula is C12H12O4. The lowest BCUT2D eigenvalue weighted by atomic mass is 10.00. The summed E-state index contributed by atoms with van der Waals surface area (Å²) in [6, 6.07) is 6.80. The molecule has 16 heavy (non-hydrogen) atoms. The second kappa shape index (κ2) is 3.72. The molecular weight excluding hydrogens is 208 g/mol. The molecule has 1 aliphatic carbocycles. The highest BCUT2D eigenvalue weighted by atomic mass is 16.5. The predicted molar refractivity (Wildman–Crippen MR) is 56.1 cm³/mol. The molecule has 0 spiro atoms. The molecule has 0 heterocycles. The Morgan fingerprint density at radius 3 is 2.81 bits per heavy atom. The summed E-state index contributed by atoms with van der Waals surface area (Å²) in [5.74, 6) is -1.43. The van der Waals surface area contributed by atoms with Crippen molar-refractivity contribution in [1.29, 1.82) is 0 Å². The Bertz CT molecular complexity index is 452. The Kier molecular flexibility index (Phi) is 2.52. The standard InChI is InChI=1S/C12H12O4/c1-2-16-11(14)12(15)7-8-5-3-4-6-9(8)10(12)13/h3-6,15H,2,7H2,1H3. The third-order valence-electron chi connectivity index (χ3n) is 2.70. The van der Waals surface area contributed by atoms with Gasteiger partial charge >= 0.3 is 5.97 Å². The number of hydrogen-bond donors (Lipinski definition) is 1. The first-order chi connectivity index (χ1) is 7.59. The van der Waals surface area contributed by atoms with Crippen molar-refractivity contribution in [3.63, 3.8) is 0 Å². The van der Waals surface area contributed by atoms with Gasteiger partial charge in [-0.1, -0.05) is 24.3 Å². The van der Waals surface area contributed by atoms with E-state index in [1.54, 1.807) is 31.2 Å². The lowest BCUT2D eigenvalue weighted by Crippen LogP contribution is -2.45. The zero-order valence-corrected chi connectivity index (χ0v) is 8.90. The summed E-state index contributed by atoms with van der Waals surface area (Å²) >= 11 is 0. The van der Waals surface area contributed by atoms with Crippen LogP contribution in [0.2, 0.25) is 0 Å². The maximum Gasteiger partial charge on any atom is 0.346 e. The monoisotopic (exact) mass is 220 g/mol. The van der Waals surface area contributed by atoms with Crippen LogP contribution in [0.5, 0.6) is 0 Å². The molecule has 0 saturated heterocycles. The number of Topliss-reactive ketones (excluding diaryl/α,β-unsaturated/α-hetero) is 1. The van der Waals surface area contributed by atoms with E-state index >= 15 is 0 Å². The Balaban J connectivity index is 2.37. The summed E-state index contributed by atoms with van der Waals surface area (Å²) in [6.45, 7) is 1.78. The minimum Gasteiger partial charge on any atom is -0.463 e. The van der Waals surface area contributed by atoms with Crippen LogP contribution in [-0.4, -0.2) is 29.1 Å². The first-order valence-electron chi connectivity index (χ1n) is 5.12. The van der Waals surface area contributed by atoms with Crippen molar-refractivity contribution in [2.24, 2.45) is 0 Å². The van der Waals surface area contributed by atoms with Gasteiger partial charge in [-0.05, 0) is 12.5 Å². The van der Waals surface area contributed by atoms with E-state index in [2.05, 4.69) is 0 Å². The van der Waals surface area contributed by atoms with Crippen LogP contribution in [0, 0.1) is 0 Å². The average molecular weight is 220 g/mol. The van der Waals surface area contributed by atoms with Gasteiger partial charge in [0.1, 0.15) is 0 Å². The molecule has 1 unspecified atom stereocenters. The van der Waals surface area contributed by atoms with Gasteiger partial charge < -0.3 is 9.84 Å². The SMILES string of the molecule is CCOC(=O)C1(O)Cc2ccccc2C1=O. The smallest absolute Gasteiger partial charge is 0.346 e. The second-order valence-corrected chi connectivity index (χ2v) is 3.74. The van der Waals surface area contributed by atoms with E-state index in [0.29, 0.717) is 11.1 Å². The Morgan fingerprint density at radius 2 is 2.19 bits per heavy atom. The molecule has 0 bridgehead atoms. The number of carbonyl (C=O) groups is 2. The third-order valence-corrected chi connectivity index (χ3v) is 2.70. The largest absolute Gasteiger partial charge is 0.463 e. The average Bonchev–Trinajstić information content (AvgIpc) is 2.54. The molecule has 4 heteroatoms. The fourth-order valence-electron chi connectivity index (χ4n) is 1.89. The lowest BCUT2D eigenvalue weighted by molar-refractivity contribution is -0.159. The molecule has 84 valence electrons. The van der Waals surface area contributed by atoms with Crippen molar-refractivity contribution in [2.45, 2.75) is 18.9 Å². The Hall–Kier alpha value is -1.68. The van der Waals surface area contributed by atoms with Crippen LogP contribution in [0.4, 0.5) is 0 Å². The van der Waals surface area contributed by atoms with E-state index in [4.69, 9.17) is 4.74 Å². The fourth-order valence-corrected chi connectivity index (χ4v) is 1.89. The van der Waals surface area contributed by atoms with Crippen molar-refractivity contribution >= 4 is 11.8 Å². The number of esters is 1. The molecule has 1 aliphatic rings. The highest BCUT2D eigenvalue weighted by Gasteiger charge is 2.51. The van der Waals surface area contributed by atoms with Crippen LogP contribution >= 0.6 is 0 Å². The van der Waals surface area contributed by atoms with Crippen LogP contribution in [0.15, 0.2) is 24.3 Å². The van der Waals surface area contributed by atoms with Crippen molar-refractivity contribution in [3.05, 3.63) is 35.4 Å². The van der Waals surface area contributed by atoms with Crippen LogP contribution in [0.3, 0.4) is 0 Å². The molecule has 0 aromatic heterocycles. The molecule has 1 N–H and O–H groups in total. The Morgan fingerprint density at radius 1 is 1.50 bits per heavy atom. The van der Waals surface area contributed by atoms with Crippen LogP contribution in [0.25, 0.3) is 0 Å². The van der Waals surface area contributed by atoms with E-state index in [1.165, 1.54) is 0 Å². The molecule has 0 saturated carbocycles. The number of ketones is 1. The van der Waals surface area contributed by atoms with Gasteiger partial charge in [-0.15, -0.1) is 0 Å². The van der Waals surface area contributed by atoms with Gasteiger partial charge in [-0.2, -0.15) is 0 Å². The molecule has 0 fully saturated rings. The van der Waals surface area contributed by atoms with Crippen LogP contribution in [0.1, 0.15) is 22.8 Å². The summed E-state index contributed by atoms with van der Waals surface area (Å²) in [7, 11) is 0. The number of aliphatic hydroxyl groups is 1. The molecule has 1 aromatic carbocycles. The molecule has 2 rings (SSSR count). The number of rotatable bonds is 2. The van der Waals surface area contributed by atoms with Gasteiger partial charge in [0, 0.05) is 12.0 Å². The number of carbonyl (C=O) groups excluding carboxylic acids is 2. The summed E-state index contributed by atoms with van der Waals surface area (Å²) < 4.78 is 4.72. The number of fused-ring (bicyclic) bond motifs is 1. The maximum atomic E-state index is 11.9. The fraction of sp³-hybridized carbons (Fsp3) is 0.333. The molecule has 1 atom stereocenters. The minimum atomic E-state index is -2.03. The van der Waals surface area contributed by atoms with Gasteiger partial charge in [0.05, 0.1) is 6.61 Å². The van der Waals surface area contributed by atoms with Crippen molar-refractivity contribution in [2.75, 3.05) is 6.61 Å². The van der Waals surface area contributed by atoms with E-state index in [1.807, 2.05) is 0 Å². The first-order valence-corrected chi connectivity index (χ1v) is 5.12. The van der Waals surface area contributed by atoms with E-state index in [9.17, 15) is 14.7 Å². The zero-order valence-electron chi connectivity index (χ0n) is 8.90. The van der Waals surface area contributed by atoms with Gasteiger partial charge in [0.2, 0.25) is 11.4 Å². The molecule has 0 aliphatic heterocycles. The number of hydrogen-bond acceptors (Lipinski definition) is 4. The van der Waals surface area contributed by atoms with Crippen molar-refractivity contribution in [1.82, 2.24) is 0 Å². The first kappa shape index (κ1) is 10.8. The van der Waals surface area contributed by atoms with E-state index in [-0.39, 0.29) is 13.0 Å². The van der Waals surface area contributed by atoms with Gasteiger partial charge in [0.25, 0.3) is 0 Å². The zero-order chi connectivity index (χ0) is 11.8. The highest BCUT2D eigenvalue weighted by Crippen LogP contribution is 2.30.